The highest BCUT2D eigenvalue weighted by Crippen LogP contribution is 2.11. The third kappa shape index (κ3) is 21.5. The molecule has 0 aromatic heterocycles. The first-order chi connectivity index (χ1) is 16.5. The number of carboxylic acid groups (broad SMARTS) is 1. The van der Waals surface area contributed by atoms with E-state index >= 15 is 0 Å². The van der Waals surface area contributed by atoms with Gasteiger partial charge in [-0.05, 0) is 62.8 Å². The Kier molecular flexibility index (Phi) is 22.2. The van der Waals surface area contributed by atoms with E-state index in [0.717, 1.165) is 25.7 Å². The van der Waals surface area contributed by atoms with Crippen molar-refractivity contribution in [3.63, 3.8) is 0 Å². The first kappa shape index (κ1) is 31.7. The molecule has 0 amide bonds. The van der Waals surface area contributed by atoms with Crippen molar-refractivity contribution in [1.82, 2.24) is 0 Å². The normalized spacial score (nSPS) is 10.6. The molecule has 0 unspecified atom stereocenters. The van der Waals surface area contributed by atoms with E-state index in [1.165, 1.54) is 82.8 Å². The van der Waals surface area contributed by atoms with Crippen LogP contribution >= 0.6 is 0 Å². The number of esters is 1. The van der Waals surface area contributed by atoms with E-state index in [9.17, 15) is 9.59 Å². The van der Waals surface area contributed by atoms with Crippen molar-refractivity contribution in [2.24, 2.45) is 0 Å². The number of phenolic OH excluding ortho intramolecular Hbond substituents is 1. The van der Waals surface area contributed by atoms with Gasteiger partial charge in [-0.2, -0.15) is 0 Å². The zero-order chi connectivity index (χ0) is 25.3. The molecule has 0 saturated carbocycles. The Morgan fingerprint density at radius 2 is 1.24 bits per heavy atom. The second kappa shape index (κ2) is 23.8. The van der Waals surface area contributed by atoms with E-state index in [1.54, 1.807) is 12.1 Å². The topological polar surface area (TPSA) is 83.8 Å². The van der Waals surface area contributed by atoms with Gasteiger partial charge >= 0.3 is 11.9 Å². The highest BCUT2D eigenvalue weighted by molar-refractivity contribution is 5.89. The summed E-state index contributed by atoms with van der Waals surface area (Å²) in [5.74, 6) is -0.851. The molecule has 0 atom stereocenters. The first-order valence-electron chi connectivity index (χ1n) is 13.3. The average molecular weight is 477 g/mol. The van der Waals surface area contributed by atoms with Gasteiger partial charge in [-0.3, -0.25) is 4.79 Å². The summed E-state index contributed by atoms with van der Waals surface area (Å²) in [5, 5.41) is 17.5. The van der Waals surface area contributed by atoms with E-state index in [1.807, 2.05) is 6.92 Å². The number of hydrogen-bond acceptors (Lipinski definition) is 4. The van der Waals surface area contributed by atoms with Gasteiger partial charge in [0.15, 0.2) is 0 Å². The molecular formula is C29H48O5. The molecule has 1 aromatic carbocycles. The number of allylic oxidation sites excluding steroid dienone is 2. The zero-order valence-electron chi connectivity index (χ0n) is 21.6. The molecule has 2 N–H and O–H groups in total. The largest absolute Gasteiger partial charge is 0.508 e. The molecule has 0 aliphatic rings. The summed E-state index contributed by atoms with van der Waals surface area (Å²) in [6.45, 7) is 4.75. The number of unbranched alkanes of at least 4 members (excludes halogenated alkanes) is 12. The lowest BCUT2D eigenvalue weighted by molar-refractivity contribution is -0.137. The highest BCUT2D eigenvalue weighted by Gasteiger charge is 2.05. The second-order valence-electron chi connectivity index (χ2n) is 8.76. The van der Waals surface area contributed by atoms with Gasteiger partial charge in [0.2, 0.25) is 0 Å². The fourth-order valence-electron chi connectivity index (χ4n) is 3.34. The number of ether oxygens (including phenoxy) is 1. The van der Waals surface area contributed by atoms with Crippen molar-refractivity contribution in [3.8, 4) is 5.75 Å². The summed E-state index contributed by atoms with van der Waals surface area (Å²) in [7, 11) is 0. The van der Waals surface area contributed by atoms with Gasteiger partial charge in [0.1, 0.15) is 5.75 Å². The van der Waals surface area contributed by atoms with Crippen molar-refractivity contribution < 1.29 is 24.5 Å². The maximum Gasteiger partial charge on any atom is 0.338 e. The number of benzene rings is 1. The minimum Gasteiger partial charge on any atom is -0.508 e. The van der Waals surface area contributed by atoms with Crippen LogP contribution in [0.3, 0.4) is 0 Å². The lowest BCUT2D eigenvalue weighted by Crippen LogP contribution is -2.05. The van der Waals surface area contributed by atoms with Gasteiger partial charge in [-0.1, -0.05) is 83.8 Å². The number of carboxylic acids is 1. The maximum absolute atomic E-state index is 11.3. The minimum atomic E-state index is -0.664. The average Bonchev–Trinajstić information content (AvgIpc) is 2.82. The summed E-state index contributed by atoms with van der Waals surface area (Å²) in [6, 6.07) is 6.03. The molecule has 0 aliphatic carbocycles. The molecule has 0 fully saturated rings. The van der Waals surface area contributed by atoms with Crippen molar-refractivity contribution >= 4 is 11.9 Å². The van der Waals surface area contributed by atoms with Crippen molar-refractivity contribution in [3.05, 3.63) is 42.0 Å². The van der Waals surface area contributed by atoms with E-state index in [0.29, 0.717) is 18.6 Å². The summed E-state index contributed by atoms with van der Waals surface area (Å²) in [6.07, 6.45) is 23.1. The number of carbonyl (C=O) groups is 2. The van der Waals surface area contributed by atoms with Crippen molar-refractivity contribution in [2.75, 3.05) is 6.61 Å². The Morgan fingerprint density at radius 3 is 1.76 bits per heavy atom. The fourth-order valence-corrected chi connectivity index (χ4v) is 3.34. The number of aliphatic carboxylic acids is 1. The van der Waals surface area contributed by atoms with Gasteiger partial charge in [-0.15, -0.1) is 0 Å². The number of phenols is 1. The molecule has 194 valence electrons. The molecule has 1 aromatic rings. The quantitative estimate of drug-likeness (QED) is 0.119. The van der Waals surface area contributed by atoms with E-state index in [2.05, 4.69) is 19.1 Å². The summed E-state index contributed by atoms with van der Waals surface area (Å²) >= 11 is 0. The third-order valence-electron chi connectivity index (χ3n) is 5.49. The van der Waals surface area contributed by atoms with Gasteiger partial charge in [0, 0.05) is 6.42 Å². The molecule has 0 heterocycles. The lowest BCUT2D eigenvalue weighted by atomic mass is 10.1. The summed E-state index contributed by atoms with van der Waals surface area (Å²) < 4.78 is 4.99. The van der Waals surface area contributed by atoms with Gasteiger partial charge in [-0.25, -0.2) is 4.79 Å². The predicted octanol–water partition coefficient (Wildman–Crippen LogP) is 8.46. The van der Waals surface area contributed by atoms with Gasteiger partial charge in [0.05, 0.1) is 12.2 Å². The molecule has 0 saturated heterocycles. The Hall–Kier alpha value is -2.30. The molecule has 5 heteroatoms. The van der Waals surface area contributed by atoms with Gasteiger partial charge in [0.25, 0.3) is 0 Å². The van der Waals surface area contributed by atoms with Crippen LogP contribution < -0.4 is 0 Å². The zero-order valence-corrected chi connectivity index (χ0v) is 21.6. The molecule has 0 bridgehead atoms. The molecular weight excluding hydrogens is 428 g/mol. The monoisotopic (exact) mass is 476 g/mol. The minimum absolute atomic E-state index is 0.148. The molecule has 0 spiro atoms. The van der Waals surface area contributed by atoms with Crippen LogP contribution in [0, 0.1) is 0 Å². The van der Waals surface area contributed by atoms with E-state index in [4.69, 9.17) is 14.9 Å². The smallest absolute Gasteiger partial charge is 0.338 e. The Labute approximate surface area is 207 Å². The predicted molar refractivity (Wildman–Crippen MR) is 140 cm³/mol. The van der Waals surface area contributed by atoms with Crippen molar-refractivity contribution in [1.29, 1.82) is 0 Å². The number of carbonyl (C=O) groups excluding carboxylic acids is 1. The van der Waals surface area contributed by atoms with Crippen LogP contribution in [0.5, 0.6) is 5.75 Å². The van der Waals surface area contributed by atoms with Crippen molar-refractivity contribution in [2.45, 2.75) is 117 Å². The molecule has 1 rings (SSSR count). The lowest BCUT2D eigenvalue weighted by Gasteiger charge is -2.03. The van der Waals surface area contributed by atoms with Crippen LogP contribution in [-0.4, -0.2) is 28.8 Å². The van der Waals surface area contributed by atoms with Crippen LogP contribution in [0.15, 0.2) is 36.4 Å². The van der Waals surface area contributed by atoms with Crippen LogP contribution in [0.1, 0.15) is 127 Å². The third-order valence-corrected chi connectivity index (χ3v) is 5.49. The summed E-state index contributed by atoms with van der Waals surface area (Å²) in [5.41, 5.74) is 0.471. The first-order valence-corrected chi connectivity index (χ1v) is 13.3. The standard InChI is InChI=1S/C18H34O2.C11H14O3/c1-2-3-4-5-6-7-8-9-10-11-12-13-14-15-16-17-18(19)20;1-2-3-8-14-11(13)9-4-6-10(12)7-5-9/h9-10H,2-8,11-17H2,1H3,(H,19,20);4-7,12H,2-3,8H2,1H3. The molecule has 34 heavy (non-hydrogen) atoms. The van der Waals surface area contributed by atoms with Gasteiger partial charge < -0.3 is 14.9 Å². The molecule has 5 nitrogen and oxygen atoms in total. The number of rotatable bonds is 19. The van der Waals surface area contributed by atoms with Crippen LogP contribution in [0.25, 0.3) is 0 Å². The Balaban J connectivity index is 0.000000679. The highest BCUT2D eigenvalue weighted by atomic mass is 16.5. The Morgan fingerprint density at radius 1 is 0.735 bits per heavy atom. The van der Waals surface area contributed by atoms with Crippen LogP contribution in [0.2, 0.25) is 0 Å². The maximum atomic E-state index is 11.3. The fraction of sp³-hybridized carbons (Fsp3) is 0.655. The SMILES string of the molecule is CCCCCCCCC=CCCCCCCCC(=O)O.CCCCOC(=O)c1ccc(O)cc1. The van der Waals surface area contributed by atoms with Crippen LogP contribution in [-0.2, 0) is 9.53 Å². The second-order valence-corrected chi connectivity index (χ2v) is 8.76. The number of aromatic hydroxyl groups is 1. The molecule has 0 radical (unpaired) electrons. The van der Waals surface area contributed by atoms with E-state index < -0.39 is 5.97 Å². The van der Waals surface area contributed by atoms with Crippen LogP contribution in [0.4, 0.5) is 0 Å². The Bertz CT molecular complexity index is 636. The molecule has 0 aliphatic heterocycles. The number of hydrogen-bond donors (Lipinski definition) is 2. The summed E-state index contributed by atoms with van der Waals surface area (Å²) in [4.78, 5) is 21.7. The van der Waals surface area contributed by atoms with E-state index in [-0.39, 0.29) is 11.7 Å².